The Morgan fingerprint density at radius 3 is 2.62 bits per heavy atom. The molecule has 0 atom stereocenters. The molecule has 8 heavy (non-hydrogen) atoms. The van der Waals surface area contributed by atoms with Crippen LogP contribution in [0.1, 0.15) is 5.69 Å². The van der Waals surface area contributed by atoms with Gasteiger partial charge in [0.05, 0.1) is 0 Å². The van der Waals surface area contributed by atoms with Gasteiger partial charge in [0, 0.05) is 19.5 Å². The van der Waals surface area contributed by atoms with Gasteiger partial charge >= 0.3 is 0 Å². The van der Waals surface area contributed by atoms with Crippen molar-refractivity contribution in [2.45, 2.75) is 6.92 Å². The van der Waals surface area contributed by atoms with E-state index < -0.39 is 0 Å². The van der Waals surface area contributed by atoms with E-state index in [1.165, 1.54) is 0 Å². The maximum absolute atomic E-state index is 3.67. The average molecular weight is 196 g/mol. The third-order valence-electron chi connectivity index (χ3n) is 0.641. The van der Waals surface area contributed by atoms with E-state index in [1.807, 2.05) is 6.92 Å². The zero-order valence-corrected chi connectivity index (χ0v) is 6.02. The molecule has 1 heterocycles. The summed E-state index contributed by atoms with van der Waals surface area (Å²) in [5.41, 5.74) is 0.836. The summed E-state index contributed by atoms with van der Waals surface area (Å²) in [6, 6.07) is 4.60. The maximum Gasteiger partial charge on any atom is 0 e. The molecule has 1 rings (SSSR count). The SMILES string of the molecule is Cc1[c-]ccnn1.[Rh]. The van der Waals surface area contributed by atoms with E-state index in [2.05, 4.69) is 16.3 Å². The molecule has 0 aliphatic carbocycles. The Morgan fingerprint density at radius 1 is 1.62 bits per heavy atom. The van der Waals surface area contributed by atoms with Gasteiger partial charge in [0.15, 0.2) is 0 Å². The Morgan fingerprint density at radius 2 is 2.38 bits per heavy atom. The predicted octanol–water partition coefficient (Wildman–Crippen LogP) is 0.583. The van der Waals surface area contributed by atoms with Gasteiger partial charge < -0.3 is 0 Å². The first-order valence-corrected chi connectivity index (χ1v) is 2.05. The van der Waals surface area contributed by atoms with Gasteiger partial charge in [-0.1, -0.05) is 0 Å². The molecule has 0 aliphatic heterocycles. The van der Waals surface area contributed by atoms with Gasteiger partial charge in [-0.25, -0.2) is 12.1 Å². The second-order valence-electron chi connectivity index (χ2n) is 1.26. The molecule has 0 N–H and O–H groups in total. The first kappa shape index (κ1) is 7.70. The molecule has 0 aliphatic rings. The monoisotopic (exact) mass is 196 g/mol. The van der Waals surface area contributed by atoms with Crippen LogP contribution >= 0.6 is 0 Å². The van der Waals surface area contributed by atoms with Crippen LogP contribution in [-0.2, 0) is 19.5 Å². The minimum atomic E-state index is 0. The Bertz CT molecular complexity index is 140. The second kappa shape index (κ2) is 3.67. The van der Waals surface area contributed by atoms with Gasteiger partial charge in [0.25, 0.3) is 0 Å². The summed E-state index contributed by atoms with van der Waals surface area (Å²) in [6.07, 6.45) is 1.60. The third kappa shape index (κ3) is 2.13. The van der Waals surface area contributed by atoms with Crippen molar-refractivity contribution in [1.82, 2.24) is 10.2 Å². The molecule has 1 aromatic heterocycles. The van der Waals surface area contributed by atoms with Gasteiger partial charge in [-0.3, -0.25) is 5.10 Å². The van der Waals surface area contributed by atoms with E-state index in [1.54, 1.807) is 12.3 Å². The zero-order valence-electron chi connectivity index (χ0n) is 4.38. The first-order chi connectivity index (χ1) is 3.39. The van der Waals surface area contributed by atoms with Gasteiger partial charge in [-0.05, 0) is 12.6 Å². The summed E-state index contributed by atoms with van der Waals surface area (Å²) in [4.78, 5) is 0. The Labute approximate surface area is 61.1 Å². The number of rotatable bonds is 0. The van der Waals surface area contributed by atoms with Crippen LogP contribution < -0.4 is 0 Å². The molecule has 1 aromatic rings. The quantitative estimate of drug-likeness (QED) is 0.448. The fourth-order valence-corrected chi connectivity index (χ4v) is 0.340. The van der Waals surface area contributed by atoms with Gasteiger partial charge in [0.1, 0.15) is 0 Å². The van der Waals surface area contributed by atoms with E-state index in [9.17, 15) is 0 Å². The maximum atomic E-state index is 3.67. The molecular formula is C5H5N2Rh-. The van der Waals surface area contributed by atoms with Crippen LogP contribution in [-0.4, -0.2) is 10.2 Å². The Balaban J connectivity index is 0.000000490. The van der Waals surface area contributed by atoms with Crippen molar-refractivity contribution < 1.29 is 19.5 Å². The van der Waals surface area contributed by atoms with Crippen molar-refractivity contribution in [3.05, 3.63) is 24.0 Å². The molecule has 0 bridgehead atoms. The molecule has 0 aromatic carbocycles. The fraction of sp³-hybridized carbons (Fsp3) is 0.200. The first-order valence-electron chi connectivity index (χ1n) is 2.05. The van der Waals surface area contributed by atoms with Crippen LogP contribution in [0.3, 0.4) is 0 Å². The topological polar surface area (TPSA) is 25.8 Å². The fourth-order valence-electron chi connectivity index (χ4n) is 0.340. The van der Waals surface area contributed by atoms with Gasteiger partial charge in [-0.15, -0.1) is 6.20 Å². The van der Waals surface area contributed by atoms with Gasteiger partial charge in [-0.2, -0.15) is 5.10 Å². The number of aromatic nitrogens is 2. The average Bonchev–Trinajstić information content (AvgIpc) is 1.69. The molecular weight excluding hydrogens is 191 g/mol. The van der Waals surface area contributed by atoms with Crippen molar-refractivity contribution in [1.29, 1.82) is 0 Å². The smallest absolute Gasteiger partial charge is 0 e. The summed E-state index contributed by atoms with van der Waals surface area (Å²) in [6.45, 7) is 1.85. The van der Waals surface area contributed by atoms with Crippen LogP contribution in [0.4, 0.5) is 0 Å². The summed E-state index contributed by atoms with van der Waals surface area (Å²) in [5.74, 6) is 0. The normalized spacial score (nSPS) is 7.62. The number of nitrogens with zero attached hydrogens (tertiary/aromatic N) is 2. The van der Waals surface area contributed by atoms with E-state index in [4.69, 9.17) is 0 Å². The molecule has 0 spiro atoms. The molecule has 0 fully saturated rings. The van der Waals surface area contributed by atoms with Crippen molar-refractivity contribution in [3.8, 4) is 0 Å². The van der Waals surface area contributed by atoms with E-state index in [-0.39, 0.29) is 19.5 Å². The summed E-state index contributed by atoms with van der Waals surface area (Å²) >= 11 is 0. The minimum absolute atomic E-state index is 0. The van der Waals surface area contributed by atoms with Crippen molar-refractivity contribution in [3.63, 3.8) is 0 Å². The van der Waals surface area contributed by atoms with Crippen molar-refractivity contribution in [2.24, 2.45) is 0 Å². The number of hydrogen-bond acceptors (Lipinski definition) is 2. The van der Waals surface area contributed by atoms with E-state index in [0.717, 1.165) is 5.69 Å². The Kier molecular flexibility index (Phi) is 3.54. The molecule has 0 unspecified atom stereocenters. The summed E-state index contributed by atoms with van der Waals surface area (Å²) in [5, 5.41) is 7.28. The molecule has 0 saturated heterocycles. The molecule has 3 heteroatoms. The van der Waals surface area contributed by atoms with Crippen molar-refractivity contribution in [2.75, 3.05) is 0 Å². The van der Waals surface area contributed by atoms with E-state index in [0.29, 0.717) is 0 Å². The van der Waals surface area contributed by atoms with Crippen molar-refractivity contribution >= 4 is 0 Å². The molecule has 2 nitrogen and oxygen atoms in total. The molecule has 45 valence electrons. The minimum Gasteiger partial charge on any atom is -0.258 e. The predicted molar refractivity (Wildman–Crippen MR) is 25.6 cm³/mol. The number of hydrogen-bond donors (Lipinski definition) is 0. The van der Waals surface area contributed by atoms with Crippen LogP contribution in [0.2, 0.25) is 0 Å². The summed E-state index contributed by atoms with van der Waals surface area (Å²) < 4.78 is 0. The second-order valence-corrected chi connectivity index (χ2v) is 1.26. The Hall–Kier alpha value is -0.297. The zero-order chi connectivity index (χ0) is 5.11. The van der Waals surface area contributed by atoms with Crippen LogP contribution in [0.25, 0.3) is 0 Å². The van der Waals surface area contributed by atoms with Gasteiger partial charge in [0.2, 0.25) is 0 Å². The molecule has 1 radical (unpaired) electrons. The van der Waals surface area contributed by atoms with Crippen LogP contribution in [0, 0.1) is 13.0 Å². The van der Waals surface area contributed by atoms with E-state index >= 15 is 0 Å². The number of aryl methyl sites for hydroxylation is 1. The largest absolute Gasteiger partial charge is 0.258 e. The molecule has 0 saturated carbocycles. The van der Waals surface area contributed by atoms with Crippen LogP contribution in [0.15, 0.2) is 12.3 Å². The third-order valence-corrected chi connectivity index (χ3v) is 0.641. The van der Waals surface area contributed by atoms with Crippen LogP contribution in [0.5, 0.6) is 0 Å². The molecule has 0 amide bonds. The standard InChI is InChI=1S/C5H5N2.Rh/c1-5-3-2-4-6-7-5;/h2,4H,1H3;/q-1;. The summed E-state index contributed by atoms with van der Waals surface area (Å²) in [7, 11) is 0.